The molecule has 0 radical (unpaired) electrons. The van der Waals surface area contributed by atoms with Crippen molar-refractivity contribution in [3.05, 3.63) is 23.8 Å². The van der Waals surface area contributed by atoms with Crippen molar-refractivity contribution < 1.29 is 14.7 Å². The summed E-state index contributed by atoms with van der Waals surface area (Å²) in [6.07, 6.45) is 1.29. The number of benzene rings is 1. The van der Waals surface area contributed by atoms with Gasteiger partial charge in [-0.25, -0.2) is 0 Å². The Kier molecular flexibility index (Phi) is 3.14. The van der Waals surface area contributed by atoms with Gasteiger partial charge >= 0.3 is 0 Å². The molecule has 70 valence electrons. The standard InChI is InChI=1S/C9H11NO3/c1-12-8-3-4-9(13-2)7(5-8)6-10-11/h3-6,11H,1-2H3/b10-6-. The van der Waals surface area contributed by atoms with Crippen LogP contribution in [0.4, 0.5) is 0 Å². The van der Waals surface area contributed by atoms with Crippen LogP contribution in [0.5, 0.6) is 11.5 Å². The molecule has 0 atom stereocenters. The molecule has 0 saturated heterocycles. The number of rotatable bonds is 3. The number of oxime groups is 1. The third-order valence-corrected chi connectivity index (χ3v) is 1.63. The molecule has 0 aliphatic rings. The molecule has 0 aliphatic heterocycles. The molecule has 0 fully saturated rings. The minimum atomic E-state index is 0.638. The second-order valence-electron chi connectivity index (χ2n) is 2.35. The Morgan fingerprint density at radius 3 is 2.62 bits per heavy atom. The van der Waals surface area contributed by atoms with Gasteiger partial charge < -0.3 is 14.7 Å². The zero-order valence-electron chi connectivity index (χ0n) is 7.52. The summed E-state index contributed by atoms with van der Waals surface area (Å²) in [7, 11) is 3.12. The lowest BCUT2D eigenvalue weighted by Crippen LogP contribution is -1.92. The number of ether oxygens (including phenoxy) is 2. The lowest BCUT2D eigenvalue weighted by molar-refractivity contribution is 0.321. The van der Waals surface area contributed by atoms with Gasteiger partial charge in [-0.2, -0.15) is 0 Å². The second kappa shape index (κ2) is 4.35. The van der Waals surface area contributed by atoms with Gasteiger partial charge in [-0.1, -0.05) is 5.16 Å². The maximum Gasteiger partial charge on any atom is 0.128 e. The van der Waals surface area contributed by atoms with Crippen LogP contribution >= 0.6 is 0 Å². The van der Waals surface area contributed by atoms with Gasteiger partial charge in [0.1, 0.15) is 11.5 Å². The fourth-order valence-corrected chi connectivity index (χ4v) is 1.00. The van der Waals surface area contributed by atoms with E-state index in [1.165, 1.54) is 6.21 Å². The lowest BCUT2D eigenvalue weighted by atomic mass is 10.2. The Hall–Kier alpha value is -1.71. The van der Waals surface area contributed by atoms with Gasteiger partial charge in [0, 0.05) is 5.56 Å². The quantitative estimate of drug-likeness (QED) is 0.437. The fraction of sp³-hybridized carbons (Fsp3) is 0.222. The Balaban J connectivity index is 3.09. The largest absolute Gasteiger partial charge is 0.497 e. The van der Waals surface area contributed by atoms with Crippen molar-refractivity contribution in [3.63, 3.8) is 0 Å². The number of nitrogens with zero attached hydrogens (tertiary/aromatic N) is 1. The van der Waals surface area contributed by atoms with Crippen LogP contribution in [0.25, 0.3) is 0 Å². The smallest absolute Gasteiger partial charge is 0.128 e. The SMILES string of the molecule is COc1ccc(OC)c(/C=N\O)c1. The second-order valence-corrected chi connectivity index (χ2v) is 2.35. The van der Waals surface area contributed by atoms with Crippen LogP contribution in [-0.4, -0.2) is 25.6 Å². The van der Waals surface area contributed by atoms with Crippen molar-refractivity contribution in [2.75, 3.05) is 14.2 Å². The van der Waals surface area contributed by atoms with Crippen molar-refractivity contribution in [3.8, 4) is 11.5 Å². The Bertz CT molecular complexity index is 310. The summed E-state index contributed by atoms with van der Waals surface area (Å²) in [4.78, 5) is 0. The first-order valence-corrected chi connectivity index (χ1v) is 3.71. The van der Waals surface area contributed by atoms with Crippen molar-refractivity contribution in [2.45, 2.75) is 0 Å². The van der Waals surface area contributed by atoms with Crippen LogP contribution in [-0.2, 0) is 0 Å². The summed E-state index contributed by atoms with van der Waals surface area (Å²) in [6, 6.07) is 5.24. The van der Waals surface area contributed by atoms with Crippen molar-refractivity contribution in [1.29, 1.82) is 0 Å². The first kappa shape index (κ1) is 9.38. The molecule has 0 saturated carbocycles. The molecular weight excluding hydrogens is 170 g/mol. The Morgan fingerprint density at radius 1 is 1.31 bits per heavy atom. The molecule has 0 amide bonds. The first-order chi connectivity index (χ1) is 6.31. The Morgan fingerprint density at radius 2 is 2.08 bits per heavy atom. The van der Waals surface area contributed by atoms with E-state index in [0.29, 0.717) is 17.1 Å². The van der Waals surface area contributed by atoms with Crippen LogP contribution in [0.2, 0.25) is 0 Å². The zero-order chi connectivity index (χ0) is 9.68. The molecule has 0 aromatic heterocycles. The maximum absolute atomic E-state index is 8.38. The average Bonchev–Trinajstić information content (AvgIpc) is 2.18. The molecule has 0 bridgehead atoms. The van der Waals surface area contributed by atoms with Crippen LogP contribution in [0.1, 0.15) is 5.56 Å². The Labute approximate surface area is 76.4 Å². The van der Waals surface area contributed by atoms with E-state index in [9.17, 15) is 0 Å². The molecular formula is C9H11NO3. The molecule has 13 heavy (non-hydrogen) atoms. The molecule has 1 N–H and O–H groups in total. The molecule has 1 aromatic carbocycles. The van der Waals surface area contributed by atoms with Gasteiger partial charge in [0.2, 0.25) is 0 Å². The summed E-state index contributed by atoms with van der Waals surface area (Å²) in [5.74, 6) is 1.33. The van der Waals surface area contributed by atoms with E-state index in [1.54, 1.807) is 32.4 Å². The molecule has 1 aromatic rings. The highest BCUT2D eigenvalue weighted by Crippen LogP contribution is 2.21. The number of hydrogen-bond acceptors (Lipinski definition) is 4. The number of hydrogen-bond donors (Lipinski definition) is 1. The molecule has 0 aliphatic carbocycles. The molecule has 1 rings (SSSR count). The maximum atomic E-state index is 8.38. The normalized spacial score (nSPS) is 10.3. The van der Waals surface area contributed by atoms with E-state index in [-0.39, 0.29) is 0 Å². The average molecular weight is 181 g/mol. The third kappa shape index (κ3) is 2.11. The molecule has 0 heterocycles. The molecule has 4 heteroatoms. The summed E-state index contributed by atoms with van der Waals surface area (Å²) in [6.45, 7) is 0. The summed E-state index contributed by atoms with van der Waals surface area (Å²) in [5.41, 5.74) is 0.671. The van der Waals surface area contributed by atoms with Crippen molar-refractivity contribution >= 4 is 6.21 Å². The van der Waals surface area contributed by atoms with E-state index in [4.69, 9.17) is 14.7 Å². The molecule has 4 nitrogen and oxygen atoms in total. The highest BCUT2D eigenvalue weighted by atomic mass is 16.5. The monoisotopic (exact) mass is 181 g/mol. The molecule has 0 spiro atoms. The highest BCUT2D eigenvalue weighted by Gasteiger charge is 2.01. The van der Waals surface area contributed by atoms with E-state index in [1.807, 2.05) is 0 Å². The van der Waals surface area contributed by atoms with Crippen LogP contribution in [0.3, 0.4) is 0 Å². The minimum Gasteiger partial charge on any atom is -0.497 e. The van der Waals surface area contributed by atoms with Gasteiger partial charge in [-0.05, 0) is 18.2 Å². The van der Waals surface area contributed by atoms with E-state index >= 15 is 0 Å². The van der Waals surface area contributed by atoms with E-state index < -0.39 is 0 Å². The van der Waals surface area contributed by atoms with Crippen LogP contribution in [0.15, 0.2) is 23.4 Å². The minimum absolute atomic E-state index is 0.638. The lowest BCUT2D eigenvalue weighted by Gasteiger charge is -2.05. The molecule has 0 unspecified atom stereocenters. The van der Waals surface area contributed by atoms with Crippen LogP contribution in [0, 0.1) is 0 Å². The zero-order valence-corrected chi connectivity index (χ0v) is 7.52. The van der Waals surface area contributed by atoms with Gasteiger partial charge in [0.25, 0.3) is 0 Å². The fourth-order valence-electron chi connectivity index (χ4n) is 1.00. The van der Waals surface area contributed by atoms with Gasteiger partial charge in [0.05, 0.1) is 20.4 Å². The summed E-state index contributed by atoms with van der Waals surface area (Å²) in [5, 5.41) is 11.3. The summed E-state index contributed by atoms with van der Waals surface area (Å²) < 4.78 is 10.0. The first-order valence-electron chi connectivity index (χ1n) is 3.71. The van der Waals surface area contributed by atoms with Crippen molar-refractivity contribution in [2.24, 2.45) is 5.16 Å². The van der Waals surface area contributed by atoms with Gasteiger partial charge in [0.15, 0.2) is 0 Å². The number of methoxy groups -OCH3 is 2. The van der Waals surface area contributed by atoms with Gasteiger partial charge in [-0.3, -0.25) is 0 Å². The van der Waals surface area contributed by atoms with E-state index in [2.05, 4.69) is 5.16 Å². The van der Waals surface area contributed by atoms with Gasteiger partial charge in [-0.15, -0.1) is 0 Å². The van der Waals surface area contributed by atoms with Crippen LogP contribution < -0.4 is 9.47 Å². The highest BCUT2D eigenvalue weighted by molar-refractivity contribution is 5.83. The third-order valence-electron chi connectivity index (χ3n) is 1.63. The van der Waals surface area contributed by atoms with E-state index in [0.717, 1.165) is 0 Å². The predicted molar refractivity (Wildman–Crippen MR) is 48.9 cm³/mol. The summed E-state index contributed by atoms with van der Waals surface area (Å²) >= 11 is 0. The topological polar surface area (TPSA) is 51.0 Å². The van der Waals surface area contributed by atoms with Crippen molar-refractivity contribution in [1.82, 2.24) is 0 Å². The predicted octanol–water partition coefficient (Wildman–Crippen LogP) is 1.51.